The zero-order valence-electron chi connectivity index (χ0n) is 18.4. The predicted octanol–water partition coefficient (Wildman–Crippen LogP) is 5.36. The Balaban J connectivity index is 1.51. The van der Waals surface area contributed by atoms with Crippen LogP contribution < -0.4 is 5.32 Å². The lowest BCUT2D eigenvalue weighted by molar-refractivity contribution is 0.594. The highest BCUT2D eigenvalue weighted by molar-refractivity contribution is 5.83. The van der Waals surface area contributed by atoms with E-state index in [9.17, 15) is 4.39 Å². The van der Waals surface area contributed by atoms with Gasteiger partial charge in [0.2, 0.25) is 0 Å². The van der Waals surface area contributed by atoms with Gasteiger partial charge < -0.3 is 10.3 Å². The number of anilines is 1. The van der Waals surface area contributed by atoms with Crippen LogP contribution in [0.25, 0.3) is 27.8 Å². The van der Waals surface area contributed by atoms with Crippen molar-refractivity contribution in [3.05, 3.63) is 78.1 Å². The molecule has 6 nitrogen and oxygen atoms in total. The molecular weight excluding hydrogens is 403 g/mol. The Hall–Kier alpha value is -3.74. The summed E-state index contributed by atoms with van der Waals surface area (Å²) < 4.78 is 15.7. The third kappa shape index (κ3) is 3.70. The van der Waals surface area contributed by atoms with Crippen molar-refractivity contribution in [2.45, 2.75) is 32.6 Å². The predicted molar refractivity (Wildman–Crippen MR) is 125 cm³/mol. The van der Waals surface area contributed by atoms with Gasteiger partial charge in [-0.3, -0.25) is 4.98 Å². The highest BCUT2D eigenvalue weighted by Gasteiger charge is 2.22. The van der Waals surface area contributed by atoms with E-state index in [0.29, 0.717) is 17.8 Å². The van der Waals surface area contributed by atoms with Crippen molar-refractivity contribution < 1.29 is 4.39 Å². The summed E-state index contributed by atoms with van der Waals surface area (Å²) >= 11 is 0. The smallest absolute Gasteiger partial charge is 0.161 e. The van der Waals surface area contributed by atoms with Gasteiger partial charge in [-0.25, -0.2) is 9.37 Å². The van der Waals surface area contributed by atoms with Crippen LogP contribution in [0.2, 0.25) is 0 Å². The molecule has 0 amide bonds. The maximum Gasteiger partial charge on any atom is 0.161 e. The van der Waals surface area contributed by atoms with E-state index < -0.39 is 0 Å². The number of hydrogen-bond acceptors (Lipinski definition) is 4. The first-order valence-electron chi connectivity index (χ1n) is 10.7. The second-order valence-electron chi connectivity index (χ2n) is 9.00. The number of nitrogens with zero attached hydrogens (tertiary/aromatic N) is 4. The molecule has 0 unspecified atom stereocenters. The van der Waals surface area contributed by atoms with E-state index in [2.05, 4.69) is 65.6 Å². The fourth-order valence-corrected chi connectivity index (χ4v) is 3.98. The molecule has 4 aromatic heterocycles. The number of H-pyrrole nitrogens is 1. The topological polar surface area (TPSA) is 70.9 Å². The third-order valence-electron chi connectivity index (χ3n) is 5.66. The maximum absolute atomic E-state index is 13.8. The van der Waals surface area contributed by atoms with Gasteiger partial charge in [-0.15, -0.1) is 0 Å². The summed E-state index contributed by atoms with van der Waals surface area (Å²) in [6.45, 7) is 7.11. The summed E-state index contributed by atoms with van der Waals surface area (Å²) in [6, 6.07) is 11.6. The minimum atomic E-state index is -0.387. The first kappa shape index (κ1) is 20.2. The molecule has 0 fully saturated rings. The van der Waals surface area contributed by atoms with Crippen molar-refractivity contribution in [1.29, 1.82) is 0 Å². The van der Waals surface area contributed by atoms with Crippen LogP contribution in [0.3, 0.4) is 0 Å². The summed E-state index contributed by atoms with van der Waals surface area (Å²) in [7, 11) is 0. The van der Waals surface area contributed by atoms with Crippen LogP contribution in [0.4, 0.5) is 10.2 Å². The van der Waals surface area contributed by atoms with E-state index in [1.165, 1.54) is 23.2 Å². The van der Waals surface area contributed by atoms with Crippen LogP contribution in [0.5, 0.6) is 0 Å². The van der Waals surface area contributed by atoms with Gasteiger partial charge >= 0.3 is 0 Å². The lowest BCUT2D eigenvalue weighted by atomic mass is 9.89. The average Bonchev–Trinajstić information content (AvgIpc) is 3.38. The molecule has 4 heterocycles. The lowest BCUT2D eigenvalue weighted by Crippen LogP contribution is -2.13. The average molecular weight is 429 g/mol. The molecule has 5 aromatic rings. The van der Waals surface area contributed by atoms with E-state index in [1.807, 2.05) is 22.8 Å². The molecular formula is C25H25FN6. The van der Waals surface area contributed by atoms with E-state index in [4.69, 9.17) is 4.98 Å². The molecule has 162 valence electrons. The number of aromatic amines is 1. The number of aromatic nitrogens is 5. The van der Waals surface area contributed by atoms with E-state index in [1.54, 1.807) is 6.20 Å². The van der Waals surface area contributed by atoms with Gasteiger partial charge in [0.25, 0.3) is 0 Å². The van der Waals surface area contributed by atoms with E-state index >= 15 is 0 Å². The van der Waals surface area contributed by atoms with Crippen LogP contribution >= 0.6 is 0 Å². The minimum Gasteiger partial charge on any atom is -0.370 e. The third-order valence-corrected chi connectivity index (χ3v) is 5.66. The summed E-state index contributed by atoms with van der Waals surface area (Å²) in [4.78, 5) is 12.1. The number of nitrogens with one attached hydrogen (secondary N) is 2. The zero-order valence-corrected chi connectivity index (χ0v) is 18.4. The van der Waals surface area contributed by atoms with Crippen LogP contribution in [0.15, 0.2) is 61.2 Å². The highest BCUT2D eigenvalue weighted by atomic mass is 19.1. The molecule has 0 saturated heterocycles. The Labute approximate surface area is 185 Å². The van der Waals surface area contributed by atoms with E-state index in [-0.39, 0.29) is 11.2 Å². The molecule has 0 atom stereocenters. The van der Waals surface area contributed by atoms with Crippen LogP contribution in [0, 0.1) is 5.82 Å². The molecule has 0 aliphatic heterocycles. The Morgan fingerprint density at radius 2 is 1.94 bits per heavy atom. The summed E-state index contributed by atoms with van der Waals surface area (Å²) in [5, 5.41) is 9.34. The number of para-hydroxylation sites is 1. The van der Waals surface area contributed by atoms with Gasteiger partial charge in [-0.1, -0.05) is 39.0 Å². The maximum atomic E-state index is 13.8. The van der Waals surface area contributed by atoms with Gasteiger partial charge in [0.05, 0.1) is 18.1 Å². The molecule has 0 radical (unpaired) electrons. The van der Waals surface area contributed by atoms with Gasteiger partial charge in [-0.2, -0.15) is 9.61 Å². The quantitative estimate of drug-likeness (QED) is 0.395. The molecule has 2 N–H and O–H groups in total. The van der Waals surface area contributed by atoms with Crippen LogP contribution in [0.1, 0.15) is 31.9 Å². The first-order chi connectivity index (χ1) is 15.4. The molecule has 1 aromatic carbocycles. The van der Waals surface area contributed by atoms with E-state index in [0.717, 1.165) is 29.0 Å². The fourth-order valence-electron chi connectivity index (χ4n) is 3.98. The second-order valence-corrected chi connectivity index (χ2v) is 9.00. The highest BCUT2D eigenvalue weighted by Crippen LogP contribution is 2.30. The molecule has 32 heavy (non-hydrogen) atoms. The van der Waals surface area contributed by atoms with Crippen molar-refractivity contribution in [2.24, 2.45) is 0 Å². The second kappa shape index (κ2) is 7.75. The summed E-state index contributed by atoms with van der Waals surface area (Å²) in [6.07, 6.45) is 7.59. The van der Waals surface area contributed by atoms with Crippen molar-refractivity contribution in [3.63, 3.8) is 0 Å². The van der Waals surface area contributed by atoms with Gasteiger partial charge in [0, 0.05) is 47.0 Å². The molecule has 0 spiro atoms. The summed E-state index contributed by atoms with van der Waals surface area (Å²) in [5.41, 5.74) is 5.34. The van der Waals surface area contributed by atoms with Gasteiger partial charge in [0.15, 0.2) is 5.65 Å². The first-order valence-corrected chi connectivity index (χ1v) is 10.7. The van der Waals surface area contributed by atoms with Crippen molar-refractivity contribution in [1.82, 2.24) is 24.6 Å². The fraction of sp³-hybridized carbons (Fsp3) is 0.240. The van der Waals surface area contributed by atoms with Gasteiger partial charge in [0.1, 0.15) is 11.6 Å². The molecule has 5 rings (SSSR count). The Kier molecular flexibility index (Phi) is 4.89. The standard InChI is InChI=1S/C25H25FN6/c1-25(2,3)20-15-30-32-23(11-22(31-24(20)32)17-10-18(26)14-27-12-17)28-9-8-16-13-29-21-7-5-4-6-19(16)21/h4-7,10-15,28-29H,8-9H2,1-3H3. The molecule has 7 heteroatoms. The monoisotopic (exact) mass is 428 g/mol. The molecule has 0 aliphatic rings. The molecule has 0 saturated carbocycles. The Bertz CT molecular complexity index is 1410. The number of benzene rings is 1. The number of halogens is 1. The van der Waals surface area contributed by atoms with Crippen molar-refractivity contribution >= 4 is 22.4 Å². The van der Waals surface area contributed by atoms with Crippen LogP contribution in [-0.4, -0.2) is 31.1 Å². The number of fused-ring (bicyclic) bond motifs is 2. The normalized spacial score (nSPS) is 12.0. The summed E-state index contributed by atoms with van der Waals surface area (Å²) in [5.74, 6) is 0.423. The number of rotatable bonds is 5. The van der Waals surface area contributed by atoms with Gasteiger partial charge in [-0.05, 0) is 29.5 Å². The Morgan fingerprint density at radius 1 is 1.09 bits per heavy atom. The minimum absolute atomic E-state index is 0.130. The largest absolute Gasteiger partial charge is 0.370 e. The Morgan fingerprint density at radius 3 is 2.75 bits per heavy atom. The molecule has 0 bridgehead atoms. The SMILES string of the molecule is CC(C)(C)c1cnn2c(NCCc3c[nH]c4ccccc34)cc(-c3cncc(F)c3)nc12. The molecule has 0 aliphatic carbocycles. The van der Waals surface area contributed by atoms with Crippen molar-refractivity contribution in [3.8, 4) is 11.3 Å². The number of pyridine rings is 1. The van der Waals surface area contributed by atoms with Crippen molar-refractivity contribution in [2.75, 3.05) is 11.9 Å². The zero-order chi connectivity index (χ0) is 22.3. The van der Waals surface area contributed by atoms with Crippen LogP contribution in [-0.2, 0) is 11.8 Å². The lowest BCUT2D eigenvalue weighted by Gasteiger charge is -2.17. The number of hydrogen-bond donors (Lipinski definition) is 2.